The van der Waals surface area contributed by atoms with Crippen molar-refractivity contribution in [3.8, 4) is 11.5 Å². The normalized spacial score (nSPS) is 14.3. The maximum Gasteiger partial charge on any atom is 0.586 e. The highest BCUT2D eigenvalue weighted by Crippen LogP contribution is 2.43. The van der Waals surface area contributed by atoms with Crippen LogP contribution in [0.3, 0.4) is 0 Å². The summed E-state index contributed by atoms with van der Waals surface area (Å²) in [6.07, 6.45) is -1.81. The molecule has 1 aliphatic heterocycles. The van der Waals surface area contributed by atoms with Gasteiger partial charge in [-0.05, 0) is 24.1 Å². The monoisotopic (exact) mass is 457 g/mol. The van der Waals surface area contributed by atoms with Crippen LogP contribution in [-0.4, -0.2) is 21.2 Å². The van der Waals surface area contributed by atoms with Gasteiger partial charge in [0.2, 0.25) is 0 Å². The molecule has 0 saturated carbocycles. The Bertz CT molecular complexity index is 1200. The fraction of sp³-hybridized carbons (Fsp3) is 0.182. The number of nitrogens with one attached hydrogen (secondary N) is 1. The van der Waals surface area contributed by atoms with E-state index in [4.69, 9.17) is 0 Å². The first-order chi connectivity index (χ1) is 15.0. The fourth-order valence-corrected chi connectivity index (χ4v) is 5.15. The van der Waals surface area contributed by atoms with Gasteiger partial charge in [0.05, 0.1) is 16.7 Å². The minimum atomic E-state index is -3.63. The number of aromatic nitrogens is 3. The lowest BCUT2D eigenvalue weighted by atomic mass is 10.2. The summed E-state index contributed by atoms with van der Waals surface area (Å²) < 4.78 is 35.4. The van der Waals surface area contributed by atoms with E-state index < -0.39 is 6.29 Å². The number of fused-ring (bicyclic) bond motifs is 2. The number of hydrogen-bond acceptors (Lipinski definition) is 6. The fourth-order valence-electron chi connectivity index (χ4n) is 3.23. The van der Waals surface area contributed by atoms with Crippen LogP contribution in [0.25, 0.3) is 11.0 Å². The molecule has 9 heteroatoms. The maximum atomic E-state index is 13.2. The third-order valence-corrected chi connectivity index (χ3v) is 6.94. The van der Waals surface area contributed by atoms with E-state index in [1.807, 2.05) is 30.5 Å². The molecule has 0 radical (unpaired) electrons. The van der Waals surface area contributed by atoms with Crippen molar-refractivity contribution in [2.45, 2.75) is 34.8 Å². The number of halogens is 2. The zero-order valence-electron chi connectivity index (χ0n) is 16.4. The van der Waals surface area contributed by atoms with Gasteiger partial charge in [-0.1, -0.05) is 42.1 Å². The van der Waals surface area contributed by atoms with Crippen molar-refractivity contribution in [3.63, 3.8) is 0 Å². The van der Waals surface area contributed by atoms with Gasteiger partial charge in [0, 0.05) is 34.7 Å². The Kier molecular flexibility index (Phi) is 5.23. The Hall–Kier alpha value is -2.78. The Morgan fingerprint density at radius 1 is 1.00 bits per heavy atom. The minimum absolute atomic E-state index is 0.00152. The number of ether oxygens (including phenoxy) is 2. The van der Waals surface area contributed by atoms with Gasteiger partial charge < -0.3 is 14.5 Å². The van der Waals surface area contributed by atoms with Crippen LogP contribution in [0.4, 0.5) is 8.78 Å². The molecule has 0 amide bonds. The summed E-state index contributed by atoms with van der Waals surface area (Å²) in [4.78, 5) is 13.3. The molecule has 0 bridgehead atoms. The molecule has 5 rings (SSSR count). The van der Waals surface area contributed by atoms with Crippen LogP contribution in [0, 0.1) is 6.92 Å². The van der Waals surface area contributed by atoms with Crippen LogP contribution in [0.5, 0.6) is 11.5 Å². The van der Waals surface area contributed by atoms with E-state index in [2.05, 4.69) is 43.5 Å². The zero-order chi connectivity index (χ0) is 21.4. The number of alkyl halides is 2. The lowest BCUT2D eigenvalue weighted by Crippen LogP contribution is -2.25. The smallest absolute Gasteiger partial charge is 0.395 e. The van der Waals surface area contributed by atoms with Gasteiger partial charge in [-0.3, -0.25) is 4.98 Å². The number of nitrogens with zero attached hydrogens (tertiary/aromatic N) is 2. The van der Waals surface area contributed by atoms with Crippen LogP contribution in [0.1, 0.15) is 16.8 Å². The first-order valence-electron chi connectivity index (χ1n) is 9.50. The lowest BCUT2D eigenvalue weighted by molar-refractivity contribution is -0.286. The highest BCUT2D eigenvalue weighted by Gasteiger charge is 2.43. The quantitative estimate of drug-likeness (QED) is 0.349. The summed E-state index contributed by atoms with van der Waals surface area (Å²) in [5.74, 6) is 1.52. The minimum Gasteiger partial charge on any atom is -0.395 e. The standard InChI is InChI=1S/C22H17F2N3O2S2/c1-13-17(25-8-7-20(13)30-11-14-5-3-2-4-6-14)12-31-21-26-15-9-18-19(10-16(15)27-21)29-22(23,24)28-18/h2-10H,11-12H2,1H3,(H,26,27). The summed E-state index contributed by atoms with van der Waals surface area (Å²) in [5, 5.41) is 0.675. The first-order valence-corrected chi connectivity index (χ1v) is 11.5. The lowest BCUT2D eigenvalue weighted by Gasteiger charge is -2.09. The van der Waals surface area contributed by atoms with Crippen molar-refractivity contribution in [1.82, 2.24) is 15.0 Å². The predicted octanol–water partition coefficient (Wildman–Crippen LogP) is 6.17. The van der Waals surface area contributed by atoms with Crippen LogP contribution in [0.15, 0.2) is 64.8 Å². The second kappa shape index (κ2) is 8.05. The van der Waals surface area contributed by atoms with Crippen LogP contribution in [0.2, 0.25) is 0 Å². The van der Waals surface area contributed by atoms with Crippen molar-refractivity contribution in [1.29, 1.82) is 0 Å². The second-order valence-electron chi connectivity index (χ2n) is 6.97. The third kappa shape index (κ3) is 4.33. The molecular weight excluding hydrogens is 440 g/mol. The van der Waals surface area contributed by atoms with Gasteiger partial charge in [-0.25, -0.2) is 4.98 Å². The second-order valence-corrected chi connectivity index (χ2v) is 8.95. The first kappa shape index (κ1) is 20.1. The Morgan fingerprint density at radius 2 is 1.77 bits per heavy atom. The van der Waals surface area contributed by atoms with Crippen molar-refractivity contribution in [2.75, 3.05) is 0 Å². The molecule has 4 aromatic rings. The molecule has 1 N–H and O–H groups in total. The van der Waals surface area contributed by atoms with Crippen molar-refractivity contribution >= 4 is 34.6 Å². The highest BCUT2D eigenvalue weighted by atomic mass is 32.2. The predicted molar refractivity (Wildman–Crippen MR) is 117 cm³/mol. The molecule has 0 aliphatic carbocycles. The summed E-state index contributed by atoms with van der Waals surface area (Å²) in [5.41, 5.74) is 4.56. The average Bonchev–Trinajstić information content (AvgIpc) is 3.28. The largest absolute Gasteiger partial charge is 0.586 e. The summed E-state index contributed by atoms with van der Waals surface area (Å²) >= 11 is 3.30. The number of thioether (sulfide) groups is 2. The van der Waals surface area contributed by atoms with E-state index in [0.29, 0.717) is 21.9 Å². The molecule has 2 aromatic carbocycles. The number of imidazole rings is 1. The van der Waals surface area contributed by atoms with Gasteiger partial charge >= 0.3 is 6.29 Å². The van der Waals surface area contributed by atoms with E-state index in [9.17, 15) is 8.78 Å². The molecule has 31 heavy (non-hydrogen) atoms. The number of benzene rings is 2. The Morgan fingerprint density at radius 3 is 2.58 bits per heavy atom. The van der Waals surface area contributed by atoms with E-state index >= 15 is 0 Å². The van der Waals surface area contributed by atoms with Gasteiger partial charge in [0.1, 0.15) is 0 Å². The van der Waals surface area contributed by atoms with Gasteiger partial charge in [-0.15, -0.1) is 20.5 Å². The molecule has 1 aliphatic rings. The van der Waals surface area contributed by atoms with E-state index in [1.54, 1.807) is 11.8 Å². The van der Waals surface area contributed by atoms with Crippen LogP contribution in [-0.2, 0) is 11.5 Å². The van der Waals surface area contributed by atoms with Crippen LogP contribution >= 0.6 is 23.5 Å². The Balaban J connectivity index is 1.28. The van der Waals surface area contributed by atoms with Crippen LogP contribution < -0.4 is 9.47 Å². The summed E-state index contributed by atoms with van der Waals surface area (Å²) in [6.45, 7) is 2.08. The molecule has 0 fully saturated rings. The summed E-state index contributed by atoms with van der Waals surface area (Å²) in [6, 6.07) is 15.3. The molecule has 0 saturated heterocycles. The molecule has 5 nitrogen and oxygen atoms in total. The molecular formula is C22H17F2N3O2S2. The highest BCUT2D eigenvalue weighted by molar-refractivity contribution is 7.98. The van der Waals surface area contributed by atoms with Crippen molar-refractivity contribution in [3.05, 3.63) is 71.5 Å². The molecule has 0 unspecified atom stereocenters. The molecule has 0 atom stereocenters. The average molecular weight is 458 g/mol. The number of H-pyrrole nitrogens is 1. The van der Waals surface area contributed by atoms with Gasteiger partial charge in [0.25, 0.3) is 0 Å². The van der Waals surface area contributed by atoms with Crippen molar-refractivity contribution < 1.29 is 18.3 Å². The number of pyridine rings is 1. The molecule has 0 spiro atoms. The number of hydrogen-bond donors (Lipinski definition) is 1. The Labute approximate surface area is 185 Å². The van der Waals surface area contributed by atoms with Gasteiger partial charge in [0.15, 0.2) is 16.7 Å². The van der Waals surface area contributed by atoms with E-state index in [0.717, 1.165) is 17.0 Å². The molecule has 3 heterocycles. The molecule has 158 valence electrons. The summed E-state index contributed by atoms with van der Waals surface area (Å²) in [7, 11) is 0. The zero-order valence-corrected chi connectivity index (χ0v) is 18.0. The SMILES string of the molecule is Cc1c(SCc2ccccc2)ccnc1CSc1nc2cc3c(cc2[nH]1)OC(F)(F)O3. The van der Waals surface area contributed by atoms with E-state index in [-0.39, 0.29) is 11.5 Å². The topological polar surface area (TPSA) is 60.0 Å². The van der Waals surface area contributed by atoms with Gasteiger partial charge in [-0.2, -0.15) is 0 Å². The van der Waals surface area contributed by atoms with Crippen molar-refractivity contribution in [2.24, 2.45) is 0 Å². The maximum absolute atomic E-state index is 13.2. The van der Waals surface area contributed by atoms with E-state index in [1.165, 1.54) is 34.4 Å². The molecule has 2 aromatic heterocycles. The third-order valence-electron chi connectivity index (χ3n) is 4.82. The number of aromatic amines is 1. The number of rotatable bonds is 6.